The minimum absolute atomic E-state index is 0.0239. The number of rotatable bonds is 3. The Morgan fingerprint density at radius 2 is 1.78 bits per heavy atom. The summed E-state index contributed by atoms with van der Waals surface area (Å²) in [7, 11) is 0. The molecule has 1 aromatic heterocycles. The fraction of sp³-hybridized carbons (Fsp3) is 0.267. The monoisotopic (exact) mass is 323 g/mol. The second kappa shape index (κ2) is 5.86. The molecule has 8 heteroatoms. The molecule has 1 aliphatic rings. The molecule has 120 valence electrons. The van der Waals surface area contributed by atoms with Gasteiger partial charge in [0.25, 0.3) is 0 Å². The summed E-state index contributed by atoms with van der Waals surface area (Å²) >= 11 is 0. The van der Waals surface area contributed by atoms with Crippen LogP contribution in [0.2, 0.25) is 0 Å². The van der Waals surface area contributed by atoms with Gasteiger partial charge in [-0.05, 0) is 12.1 Å². The van der Waals surface area contributed by atoms with Gasteiger partial charge in [0.15, 0.2) is 12.3 Å². The Balaban J connectivity index is 2.14. The molecule has 0 aliphatic carbocycles. The second-order valence-corrected chi connectivity index (χ2v) is 5.20. The van der Waals surface area contributed by atoms with Gasteiger partial charge in [-0.25, -0.2) is 18.2 Å². The molecule has 2 unspecified atom stereocenters. The van der Waals surface area contributed by atoms with Gasteiger partial charge in [-0.3, -0.25) is 10.1 Å². The van der Waals surface area contributed by atoms with Crippen molar-refractivity contribution in [3.8, 4) is 11.1 Å². The number of halogens is 3. The van der Waals surface area contributed by atoms with E-state index >= 15 is 0 Å². The largest absolute Gasteiger partial charge is 0.345 e. The summed E-state index contributed by atoms with van der Waals surface area (Å²) in [5.41, 5.74) is -0.398. The highest BCUT2D eigenvalue weighted by Gasteiger charge is 2.37. The molecule has 1 saturated heterocycles. The second-order valence-electron chi connectivity index (χ2n) is 5.20. The van der Waals surface area contributed by atoms with Gasteiger partial charge in [0.05, 0.1) is 23.6 Å². The molecule has 1 fully saturated rings. The van der Waals surface area contributed by atoms with Crippen LogP contribution in [0.1, 0.15) is 0 Å². The van der Waals surface area contributed by atoms with E-state index in [2.05, 4.69) is 4.98 Å². The third-order valence-electron chi connectivity index (χ3n) is 3.73. The van der Waals surface area contributed by atoms with E-state index in [1.165, 1.54) is 35.4 Å². The average molecular weight is 323 g/mol. The molecule has 2 heterocycles. The summed E-state index contributed by atoms with van der Waals surface area (Å²) in [4.78, 5) is 15.8. The molecule has 23 heavy (non-hydrogen) atoms. The van der Waals surface area contributed by atoms with E-state index in [9.17, 15) is 23.3 Å². The third kappa shape index (κ3) is 2.71. The van der Waals surface area contributed by atoms with Crippen LogP contribution in [0.25, 0.3) is 11.1 Å². The SMILES string of the molecule is O=[N+]([O-])c1c(-c2ccccc2F)ccnc1N1CC(F)C(F)C1. The number of hydrogen-bond acceptors (Lipinski definition) is 4. The van der Waals surface area contributed by atoms with Crippen LogP contribution in [0.15, 0.2) is 36.5 Å². The van der Waals surface area contributed by atoms with Crippen molar-refractivity contribution in [3.63, 3.8) is 0 Å². The summed E-state index contributed by atoms with van der Waals surface area (Å²) in [6.45, 7) is -0.647. The number of alkyl halides is 2. The molecule has 5 nitrogen and oxygen atoms in total. The standard InChI is InChI=1S/C15H12F3N3O2/c16-11-4-2-1-3-9(11)10-5-6-19-15(14(10)21(22)23)20-7-12(17)13(18)8-20/h1-6,12-13H,7-8H2. The molecule has 0 bridgehead atoms. The first kappa shape index (κ1) is 15.3. The predicted octanol–water partition coefficient (Wildman–Crippen LogP) is 3.29. The molecular weight excluding hydrogens is 311 g/mol. The van der Waals surface area contributed by atoms with Gasteiger partial charge >= 0.3 is 5.69 Å². The van der Waals surface area contributed by atoms with Crippen LogP contribution in [0.4, 0.5) is 24.7 Å². The Kier molecular flexibility index (Phi) is 3.89. The van der Waals surface area contributed by atoms with Crippen molar-refractivity contribution in [2.75, 3.05) is 18.0 Å². The number of benzene rings is 1. The maximum absolute atomic E-state index is 14.0. The molecular formula is C15H12F3N3O2. The quantitative estimate of drug-likeness (QED) is 0.642. The minimum atomic E-state index is -1.73. The Labute approximate surface area is 129 Å². The van der Waals surface area contributed by atoms with Crippen LogP contribution in [0.3, 0.4) is 0 Å². The highest BCUT2D eigenvalue weighted by Crippen LogP contribution is 2.39. The van der Waals surface area contributed by atoms with Gasteiger partial charge in [-0.15, -0.1) is 0 Å². The lowest BCUT2D eigenvalue weighted by atomic mass is 10.0. The third-order valence-corrected chi connectivity index (χ3v) is 3.73. The van der Waals surface area contributed by atoms with Crippen molar-refractivity contribution in [1.82, 2.24) is 4.98 Å². The van der Waals surface area contributed by atoms with Crippen molar-refractivity contribution in [1.29, 1.82) is 0 Å². The Morgan fingerprint density at radius 1 is 1.13 bits per heavy atom. The van der Waals surface area contributed by atoms with Gasteiger partial charge in [0.2, 0.25) is 5.82 Å². The Hall–Kier alpha value is -2.64. The number of aromatic nitrogens is 1. The van der Waals surface area contributed by atoms with E-state index in [4.69, 9.17) is 0 Å². The number of hydrogen-bond donors (Lipinski definition) is 0. The van der Waals surface area contributed by atoms with Gasteiger partial charge in [-0.2, -0.15) is 0 Å². The van der Waals surface area contributed by atoms with Crippen LogP contribution < -0.4 is 4.90 Å². The molecule has 1 aromatic carbocycles. The van der Waals surface area contributed by atoms with Crippen LogP contribution in [0.5, 0.6) is 0 Å². The normalized spacial score (nSPS) is 20.7. The van der Waals surface area contributed by atoms with E-state index in [1.807, 2.05) is 0 Å². The number of nitro groups is 1. The molecule has 2 atom stereocenters. The zero-order valence-corrected chi connectivity index (χ0v) is 11.8. The van der Waals surface area contributed by atoms with Gasteiger partial charge in [-0.1, -0.05) is 18.2 Å². The smallest absolute Gasteiger partial charge is 0.319 e. The van der Waals surface area contributed by atoms with Crippen molar-refractivity contribution >= 4 is 11.5 Å². The lowest BCUT2D eigenvalue weighted by Gasteiger charge is -2.17. The number of anilines is 1. The van der Waals surface area contributed by atoms with E-state index in [1.54, 1.807) is 6.07 Å². The van der Waals surface area contributed by atoms with Crippen molar-refractivity contribution in [2.45, 2.75) is 12.3 Å². The lowest BCUT2D eigenvalue weighted by Crippen LogP contribution is -2.22. The van der Waals surface area contributed by atoms with E-state index in [-0.39, 0.29) is 30.0 Å². The van der Waals surface area contributed by atoms with Crippen molar-refractivity contribution in [2.24, 2.45) is 0 Å². The van der Waals surface area contributed by atoms with Crippen molar-refractivity contribution in [3.05, 3.63) is 52.5 Å². The molecule has 2 aromatic rings. The van der Waals surface area contributed by atoms with Crippen LogP contribution in [0, 0.1) is 15.9 Å². The molecule has 1 aliphatic heterocycles. The maximum Gasteiger partial charge on any atom is 0.319 e. The lowest BCUT2D eigenvalue weighted by molar-refractivity contribution is -0.383. The average Bonchev–Trinajstić information content (AvgIpc) is 2.86. The fourth-order valence-corrected chi connectivity index (χ4v) is 2.65. The highest BCUT2D eigenvalue weighted by atomic mass is 19.2. The molecule has 0 saturated carbocycles. The molecule has 0 spiro atoms. The Morgan fingerprint density at radius 3 is 2.39 bits per heavy atom. The summed E-state index contributed by atoms with van der Waals surface area (Å²) in [6, 6.07) is 6.92. The molecule has 0 N–H and O–H groups in total. The fourth-order valence-electron chi connectivity index (χ4n) is 2.65. The summed E-state index contributed by atoms with van der Waals surface area (Å²) in [5.74, 6) is -0.778. The van der Waals surface area contributed by atoms with Crippen LogP contribution >= 0.6 is 0 Å². The first-order valence-electron chi connectivity index (χ1n) is 6.90. The van der Waals surface area contributed by atoms with E-state index in [0.717, 1.165) is 0 Å². The van der Waals surface area contributed by atoms with Crippen LogP contribution in [-0.2, 0) is 0 Å². The van der Waals surface area contributed by atoms with Crippen LogP contribution in [-0.4, -0.2) is 35.3 Å². The van der Waals surface area contributed by atoms with E-state index in [0.29, 0.717) is 0 Å². The summed E-state index contributed by atoms with van der Waals surface area (Å²) in [6.07, 6.45) is -2.19. The predicted molar refractivity (Wildman–Crippen MR) is 78.3 cm³/mol. The molecule has 0 amide bonds. The first-order valence-corrected chi connectivity index (χ1v) is 6.90. The zero-order chi connectivity index (χ0) is 16.6. The minimum Gasteiger partial charge on any atom is -0.345 e. The number of nitrogens with zero attached hydrogens (tertiary/aromatic N) is 3. The van der Waals surface area contributed by atoms with Gasteiger partial charge in [0.1, 0.15) is 5.82 Å². The highest BCUT2D eigenvalue weighted by molar-refractivity contribution is 5.80. The first-order chi connectivity index (χ1) is 11.0. The van der Waals surface area contributed by atoms with E-state index < -0.39 is 28.8 Å². The summed E-state index contributed by atoms with van der Waals surface area (Å²) in [5, 5.41) is 11.5. The van der Waals surface area contributed by atoms with Crippen molar-refractivity contribution < 1.29 is 18.1 Å². The number of pyridine rings is 1. The van der Waals surface area contributed by atoms with Gasteiger partial charge < -0.3 is 4.90 Å². The zero-order valence-electron chi connectivity index (χ0n) is 11.8. The molecule has 3 rings (SSSR count). The van der Waals surface area contributed by atoms with Gasteiger partial charge in [0, 0.05) is 11.8 Å². The maximum atomic E-state index is 14.0. The Bertz CT molecular complexity index is 746. The molecule has 0 radical (unpaired) electrons. The topological polar surface area (TPSA) is 59.3 Å². The summed E-state index contributed by atoms with van der Waals surface area (Å²) < 4.78 is 40.8.